The molecule has 112 valence electrons. The van der Waals surface area contributed by atoms with Gasteiger partial charge < -0.3 is 10.1 Å². The fourth-order valence-corrected chi connectivity index (χ4v) is 2.30. The van der Waals surface area contributed by atoms with Crippen molar-refractivity contribution in [2.45, 2.75) is 52.6 Å². The normalized spacial score (nSPS) is 11.5. The predicted octanol–water partition coefficient (Wildman–Crippen LogP) is 2.51. The molecule has 1 rings (SSSR count). The van der Waals surface area contributed by atoms with Crippen molar-refractivity contribution in [3.8, 4) is 0 Å². The molecule has 5 nitrogen and oxygen atoms in total. The molecule has 0 radical (unpaired) electrons. The van der Waals surface area contributed by atoms with E-state index in [9.17, 15) is 9.59 Å². The van der Waals surface area contributed by atoms with E-state index in [2.05, 4.69) is 31.1 Å². The first-order chi connectivity index (χ1) is 9.20. The first-order valence-corrected chi connectivity index (χ1v) is 7.46. The molecule has 6 heteroatoms. The third kappa shape index (κ3) is 5.28. The van der Waals surface area contributed by atoms with Gasteiger partial charge in [-0.15, -0.1) is 11.3 Å². The van der Waals surface area contributed by atoms with Crippen LogP contribution in [-0.4, -0.2) is 29.5 Å². The molecule has 1 N–H and O–H groups in total. The lowest BCUT2D eigenvalue weighted by Crippen LogP contribution is -2.26. The summed E-state index contributed by atoms with van der Waals surface area (Å²) < 4.78 is 4.99. The first-order valence-electron chi connectivity index (χ1n) is 6.64. The number of ether oxygens (including phenoxy) is 1. The van der Waals surface area contributed by atoms with Gasteiger partial charge in [-0.2, -0.15) is 0 Å². The molecule has 0 aliphatic rings. The Labute approximate surface area is 123 Å². The topological polar surface area (TPSA) is 68.3 Å². The summed E-state index contributed by atoms with van der Waals surface area (Å²) in [5.74, 6) is -0.504. The summed E-state index contributed by atoms with van der Waals surface area (Å²) in [7, 11) is 0. The highest BCUT2D eigenvalue weighted by Gasteiger charge is 2.20. The highest BCUT2D eigenvalue weighted by Crippen LogP contribution is 2.26. The summed E-state index contributed by atoms with van der Waals surface area (Å²) in [5, 5.41) is 3.62. The van der Waals surface area contributed by atoms with Crippen LogP contribution < -0.4 is 5.32 Å². The summed E-state index contributed by atoms with van der Waals surface area (Å²) in [5.41, 5.74) is -0.0652. The fourth-order valence-electron chi connectivity index (χ4n) is 1.41. The summed E-state index contributed by atoms with van der Waals surface area (Å²) in [6.45, 7) is 10.0. The Morgan fingerprint density at radius 2 is 2.05 bits per heavy atom. The molecule has 1 amide bonds. The van der Waals surface area contributed by atoms with Crippen molar-refractivity contribution in [2.24, 2.45) is 0 Å². The minimum atomic E-state index is -0.306. The zero-order valence-corrected chi connectivity index (χ0v) is 13.5. The van der Waals surface area contributed by atoms with E-state index in [0.29, 0.717) is 4.88 Å². The Kier molecular flexibility index (Phi) is 5.68. The Bertz CT molecular complexity index is 475. The quantitative estimate of drug-likeness (QED) is 0.848. The maximum Gasteiger partial charge on any atom is 0.307 e. The van der Waals surface area contributed by atoms with Gasteiger partial charge >= 0.3 is 5.97 Å². The molecule has 0 bridgehead atoms. The van der Waals surface area contributed by atoms with Gasteiger partial charge in [-0.3, -0.25) is 9.59 Å². The summed E-state index contributed by atoms with van der Waals surface area (Å²) in [6, 6.07) is 0. The first kappa shape index (κ1) is 16.6. The van der Waals surface area contributed by atoms with Gasteiger partial charge in [-0.05, 0) is 13.8 Å². The molecule has 0 aromatic carbocycles. The van der Waals surface area contributed by atoms with E-state index in [4.69, 9.17) is 4.74 Å². The highest BCUT2D eigenvalue weighted by atomic mass is 32.1. The molecule has 1 aromatic rings. The van der Waals surface area contributed by atoms with Crippen molar-refractivity contribution in [1.82, 2.24) is 10.3 Å². The van der Waals surface area contributed by atoms with Crippen molar-refractivity contribution >= 4 is 23.2 Å². The standard InChI is InChI=1S/C14H22N2O3S/c1-9(2)19-11(17)6-7-15-12(18)10-8-16-13(20-10)14(3,4)5/h8-9H,6-7H2,1-5H3,(H,15,18). The van der Waals surface area contributed by atoms with E-state index in [1.54, 1.807) is 20.0 Å². The lowest BCUT2D eigenvalue weighted by molar-refractivity contribution is -0.147. The van der Waals surface area contributed by atoms with Crippen LogP contribution in [0, 0.1) is 0 Å². The number of nitrogens with one attached hydrogen (secondary N) is 1. The molecule has 0 unspecified atom stereocenters. The molecular weight excluding hydrogens is 276 g/mol. The number of carbonyl (C=O) groups is 2. The molecule has 1 heterocycles. The molecule has 0 aliphatic heterocycles. The number of esters is 1. The van der Waals surface area contributed by atoms with Crippen LogP contribution in [-0.2, 0) is 14.9 Å². The van der Waals surface area contributed by atoms with Gasteiger partial charge in [-0.1, -0.05) is 20.8 Å². The van der Waals surface area contributed by atoms with Gasteiger partial charge in [0.25, 0.3) is 5.91 Å². The van der Waals surface area contributed by atoms with Crippen molar-refractivity contribution in [3.05, 3.63) is 16.1 Å². The zero-order valence-electron chi connectivity index (χ0n) is 12.6. The Morgan fingerprint density at radius 3 is 2.55 bits per heavy atom. The molecule has 0 fully saturated rings. The second-order valence-electron chi connectivity index (χ2n) is 5.82. The minimum Gasteiger partial charge on any atom is -0.463 e. The Balaban J connectivity index is 2.44. The van der Waals surface area contributed by atoms with Crippen LogP contribution in [0.2, 0.25) is 0 Å². The van der Waals surface area contributed by atoms with Crippen molar-refractivity contribution in [3.63, 3.8) is 0 Å². The van der Waals surface area contributed by atoms with Crippen molar-refractivity contribution in [2.75, 3.05) is 6.54 Å². The number of carbonyl (C=O) groups excluding carboxylic acids is 2. The van der Waals surface area contributed by atoms with Crippen LogP contribution >= 0.6 is 11.3 Å². The number of amides is 1. The average molecular weight is 298 g/mol. The van der Waals surface area contributed by atoms with E-state index >= 15 is 0 Å². The fraction of sp³-hybridized carbons (Fsp3) is 0.643. The second kappa shape index (κ2) is 6.83. The third-order valence-electron chi connectivity index (χ3n) is 2.35. The van der Waals surface area contributed by atoms with E-state index in [1.807, 2.05) is 0 Å². The second-order valence-corrected chi connectivity index (χ2v) is 6.85. The number of thiazole rings is 1. The predicted molar refractivity (Wildman–Crippen MR) is 79.0 cm³/mol. The smallest absolute Gasteiger partial charge is 0.307 e. The van der Waals surface area contributed by atoms with Crippen molar-refractivity contribution in [1.29, 1.82) is 0 Å². The number of nitrogens with zero attached hydrogens (tertiary/aromatic N) is 1. The van der Waals surface area contributed by atoms with Crippen LogP contribution in [0.25, 0.3) is 0 Å². The maximum atomic E-state index is 11.9. The summed E-state index contributed by atoms with van der Waals surface area (Å²) >= 11 is 1.38. The Hall–Kier alpha value is -1.43. The largest absolute Gasteiger partial charge is 0.463 e. The van der Waals surface area contributed by atoms with Crippen LogP contribution in [0.3, 0.4) is 0 Å². The van der Waals surface area contributed by atoms with E-state index in [0.717, 1.165) is 5.01 Å². The number of aromatic nitrogens is 1. The third-order valence-corrected chi connectivity index (χ3v) is 3.77. The molecule has 0 saturated carbocycles. The maximum absolute atomic E-state index is 11.9. The lowest BCUT2D eigenvalue weighted by Gasteiger charge is -2.13. The monoisotopic (exact) mass is 298 g/mol. The zero-order chi connectivity index (χ0) is 15.3. The van der Waals surface area contributed by atoms with Gasteiger partial charge in [0.05, 0.1) is 23.7 Å². The van der Waals surface area contributed by atoms with Gasteiger partial charge in [0.2, 0.25) is 0 Å². The van der Waals surface area contributed by atoms with Gasteiger partial charge in [0.1, 0.15) is 4.88 Å². The molecule has 1 aromatic heterocycles. The number of hydrogen-bond acceptors (Lipinski definition) is 5. The summed E-state index contributed by atoms with van der Waals surface area (Å²) in [4.78, 5) is 28.0. The SMILES string of the molecule is CC(C)OC(=O)CCNC(=O)c1cnc(C(C)(C)C)s1. The summed E-state index contributed by atoms with van der Waals surface area (Å²) in [6.07, 6.45) is 1.62. The van der Waals surface area contributed by atoms with Gasteiger partial charge in [0, 0.05) is 12.0 Å². The van der Waals surface area contributed by atoms with Gasteiger partial charge in [-0.25, -0.2) is 4.98 Å². The van der Waals surface area contributed by atoms with Crippen LogP contribution in [0.1, 0.15) is 55.7 Å². The number of hydrogen-bond donors (Lipinski definition) is 1. The lowest BCUT2D eigenvalue weighted by atomic mass is 9.98. The molecule has 20 heavy (non-hydrogen) atoms. The van der Waals surface area contributed by atoms with Crippen LogP contribution in [0.15, 0.2) is 6.20 Å². The van der Waals surface area contributed by atoms with E-state index < -0.39 is 0 Å². The highest BCUT2D eigenvalue weighted by molar-refractivity contribution is 7.13. The van der Waals surface area contributed by atoms with E-state index in [-0.39, 0.29) is 36.4 Å². The molecule has 0 spiro atoms. The molecular formula is C14H22N2O3S. The minimum absolute atomic E-state index is 0.0652. The molecule has 0 aliphatic carbocycles. The number of rotatable bonds is 5. The molecule has 0 atom stereocenters. The van der Waals surface area contributed by atoms with E-state index in [1.165, 1.54) is 11.3 Å². The molecule has 0 saturated heterocycles. The van der Waals surface area contributed by atoms with Crippen LogP contribution in [0.5, 0.6) is 0 Å². The van der Waals surface area contributed by atoms with Crippen molar-refractivity contribution < 1.29 is 14.3 Å². The van der Waals surface area contributed by atoms with Crippen LogP contribution in [0.4, 0.5) is 0 Å². The Morgan fingerprint density at radius 1 is 1.40 bits per heavy atom. The van der Waals surface area contributed by atoms with Gasteiger partial charge in [0.15, 0.2) is 0 Å². The average Bonchev–Trinajstić information content (AvgIpc) is 2.76.